The molecule has 0 spiro atoms. The molecule has 17 nitrogen and oxygen atoms in total. The first-order chi connectivity index (χ1) is 29.2. The molecule has 7 unspecified atom stereocenters. The summed E-state index contributed by atoms with van der Waals surface area (Å²) in [4.78, 5) is 109. The molecule has 62 heavy (non-hydrogen) atoms. The Morgan fingerprint density at radius 2 is 1.16 bits per heavy atom. The first kappa shape index (κ1) is 47.4. The fourth-order valence-corrected chi connectivity index (χ4v) is 8.45. The summed E-state index contributed by atoms with van der Waals surface area (Å²) in [7, 11) is 3.25. The van der Waals surface area contributed by atoms with E-state index in [4.69, 9.17) is 0 Å². The summed E-state index contributed by atoms with van der Waals surface area (Å²) in [5.41, 5.74) is 1.33. The van der Waals surface area contributed by atoms with E-state index in [-0.39, 0.29) is 73.9 Å². The molecule has 5 rings (SSSR count). The van der Waals surface area contributed by atoms with Crippen molar-refractivity contribution in [3.8, 4) is 0 Å². The van der Waals surface area contributed by atoms with Crippen LogP contribution in [0.2, 0.25) is 0 Å². The van der Waals surface area contributed by atoms with E-state index in [1.165, 1.54) is 34.1 Å². The molecule has 7 atom stereocenters. The van der Waals surface area contributed by atoms with E-state index in [1.807, 2.05) is 65.8 Å². The highest BCUT2D eigenvalue weighted by Gasteiger charge is 2.46. The number of rotatable bonds is 15. The van der Waals surface area contributed by atoms with Crippen LogP contribution in [-0.2, 0) is 35.2 Å². The molecular formula is C45H63N9O8. The second-order valence-corrected chi connectivity index (χ2v) is 18.7. The van der Waals surface area contributed by atoms with Crippen LogP contribution in [0.4, 0.5) is 0 Å². The van der Waals surface area contributed by atoms with Gasteiger partial charge in [-0.15, -0.1) is 0 Å². The maximum Gasteiger partial charge on any atom is 0.251 e. The van der Waals surface area contributed by atoms with Crippen LogP contribution in [0.3, 0.4) is 0 Å². The van der Waals surface area contributed by atoms with Crippen molar-refractivity contribution in [1.29, 1.82) is 0 Å². The number of aldehydes is 1. The minimum atomic E-state index is -0.951. The Morgan fingerprint density at radius 1 is 0.677 bits per heavy atom. The quantitative estimate of drug-likeness (QED) is 0.123. The lowest BCUT2D eigenvalue weighted by atomic mass is 9.85. The monoisotopic (exact) mass is 857 g/mol. The molecule has 2 fully saturated rings. The van der Waals surface area contributed by atoms with Gasteiger partial charge in [-0.25, -0.2) is 0 Å². The Labute approximate surface area is 363 Å². The van der Waals surface area contributed by atoms with E-state index in [2.05, 4.69) is 37.2 Å². The van der Waals surface area contributed by atoms with Crippen molar-refractivity contribution in [3.05, 3.63) is 70.8 Å². The van der Waals surface area contributed by atoms with Crippen LogP contribution in [0.15, 0.2) is 48.5 Å². The molecular weight excluding hydrogens is 795 g/mol. The lowest BCUT2D eigenvalue weighted by Crippen LogP contribution is -2.58. The van der Waals surface area contributed by atoms with Crippen molar-refractivity contribution in [3.63, 3.8) is 0 Å². The summed E-state index contributed by atoms with van der Waals surface area (Å²) in [5.74, 6) is -2.86. The lowest BCUT2D eigenvalue weighted by Gasteiger charge is -2.35. The summed E-state index contributed by atoms with van der Waals surface area (Å²) >= 11 is 0. The van der Waals surface area contributed by atoms with E-state index in [9.17, 15) is 38.4 Å². The molecule has 336 valence electrons. The number of hydrogen-bond donors (Lipinski definition) is 7. The summed E-state index contributed by atoms with van der Waals surface area (Å²) in [5, 5.41) is 20.2. The van der Waals surface area contributed by atoms with E-state index < -0.39 is 70.7 Å². The van der Waals surface area contributed by atoms with E-state index in [1.54, 1.807) is 14.1 Å². The Hall–Kier alpha value is -5.68. The topological polar surface area (TPSA) is 227 Å². The first-order valence-corrected chi connectivity index (χ1v) is 21.3. The number of nitrogens with zero attached hydrogens (tertiary/aromatic N) is 2. The Morgan fingerprint density at radius 3 is 1.66 bits per heavy atom. The minimum absolute atomic E-state index is 0.00246. The third kappa shape index (κ3) is 11.4. The summed E-state index contributed by atoms with van der Waals surface area (Å²) in [6, 6.07) is 8.95. The summed E-state index contributed by atoms with van der Waals surface area (Å²) < 4.78 is 0. The zero-order valence-electron chi connectivity index (χ0n) is 37.1. The van der Waals surface area contributed by atoms with Crippen LogP contribution in [0.1, 0.15) is 98.7 Å². The highest BCUT2D eigenvalue weighted by Crippen LogP contribution is 2.32. The van der Waals surface area contributed by atoms with Crippen LogP contribution in [-0.4, -0.2) is 134 Å². The van der Waals surface area contributed by atoms with Crippen molar-refractivity contribution in [1.82, 2.24) is 47.0 Å². The lowest BCUT2D eigenvalue weighted by molar-refractivity contribution is -0.144. The van der Waals surface area contributed by atoms with Crippen molar-refractivity contribution < 1.29 is 38.4 Å². The van der Waals surface area contributed by atoms with Crippen molar-refractivity contribution in [2.45, 2.75) is 110 Å². The molecule has 2 aromatic rings. The molecule has 1 aliphatic carbocycles. The molecule has 0 saturated carbocycles. The number of amides is 7. The van der Waals surface area contributed by atoms with Crippen molar-refractivity contribution >= 4 is 47.6 Å². The normalized spacial score (nSPS) is 21.9. The molecule has 3 aliphatic rings. The molecule has 2 saturated heterocycles. The van der Waals surface area contributed by atoms with Crippen molar-refractivity contribution in [2.75, 3.05) is 40.3 Å². The molecule has 0 aromatic heterocycles. The molecule has 0 radical (unpaired) electrons. The average Bonchev–Trinajstić information content (AvgIpc) is 3.95. The predicted octanol–water partition coefficient (Wildman–Crippen LogP) is 0.588. The standard InChI is InChI=1S/C45H63N9O8/c1-44(2,3)37(51-35(56)21-46-7)42(61)53-23-29(19-31(53)25-55)48-39(58)27-13-15-28(16-14-27)40(59)49-30-20-34(41(60)50-33-18-17-26-11-9-10-12-32(26)33)54(24-30)43(62)38(45(4,5)6)52-36(57)22-47-8/h9-16,25,29-31,33-34,37-38,46-47H,17-24H2,1-8H3,(H,48,58)(H,49,59)(H,50,60)(H,51,56)(H,52,57). The molecule has 0 bridgehead atoms. The molecule has 7 N–H and O–H groups in total. The van der Waals surface area contributed by atoms with Gasteiger partial charge in [0.2, 0.25) is 29.5 Å². The van der Waals surface area contributed by atoms with Gasteiger partial charge in [0.15, 0.2) is 0 Å². The van der Waals surface area contributed by atoms with Gasteiger partial charge in [0.05, 0.1) is 25.2 Å². The van der Waals surface area contributed by atoms with Gasteiger partial charge < -0.3 is 51.8 Å². The Balaban J connectivity index is 1.25. The van der Waals surface area contributed by atoms with Gasteiger partial charge in [0.25, 0.3) is 11.8 Å². The van der Waals surface area contributed by atoms with Gasteiger partial charge in [0.1, 0.15) is 24.4 Å². The van der Waals surface area contributed by atoms with E-state index in [0.717, 1.165) is 24.0 Å². The number of fused-ring (bicyclic) bond motifs is 1. The first-order valence-electron chi connectivity index (χ1n) is 21.3. The third-order valence-corrected chi connectivity index (χ3v) is 11.7. The molecule has 17 heteroatoms. The fourth-order valence-electron chi connectivity index (χ4n) is 8.45. The third-order valence-electron chi connectivity index (χ3n) is 11.7. The zero-order chi connectivity index (χ0) is 45.5. The molecule has 2 aromatic carbocycles. The molecule has 2 aliphatic heterocycles. The number of benzene rings is 2. The maximum absolute atomic E-state index is 14.3. The van der Waals surface area contributed by atoms with Crippen LogP contribution in [0.25, 0.3) is 0 Å². The van der Waals surface area contributed by atoms with Gasteiger partial charge in [-0.3, -0.25) is 33.6 Å². The number of likely N-dealkylation sites (tertiary alicyclic amines) is 2. The average molecular weight is 858 g/mol. The van der Waals surface area contributed by atoms with Gasteiger partial charge >= 0.3 is 0 Å². The Kier molecular flexibility index (Phi) is 15.3. The van der Waals surface area contributed by atoms with E-state index >= 15 is 0 Å². The van der Waals surface area contributed by atoms with Gasteiger partial charge in [-0.2, -0.15) is 0 Å². The number of nitrogens with one attached hydrogen (secondary N) is 7. The summed E-state index contributed by atoms with van der Waals surface area (Å²) in [6.07, 6.45) is 2.53. The molecule has 2 heterocycles. The number of aryl methyl sites for hydroxylation is 1. The van der Waals surface area contributed by atoms with Crippen LogP contribution in [0, 0.1) is 10.8 Å². The number of hydrogen-bond acceptors (Lipinski definition) is 10. The minimum Gasteiger partial charge on any atom is -0.347 e. The SMILES string of the molecule is CNCC(=O)NC(C(=O)N1CC(NC(=O)c2ccc(C(=O)NC3CC(C(=O)NC4CCc5ccccc54)N(C(=O)C(NC(=O)CNC)C(C)(C)C)C3)cc2)CC1C=O)C(C)(C)C. The van der Waals surface area contributed by atoms with Gasteiger partial charge in [-0.1, -0.05) is 65.8 Å². The second kappa shape index (κ2) is 20.0. The Bertz CT molecular complexity index is 2010. The van der Waals surface area contributed by atoms with E-state index in [0.29, 0.717) is 6.29 Å². The highest BCUT2D eigenvalue weighted by atomic mass is 16.2. The summed E-state index contributed by atoms with van der Waals surface area (Å²) in [6.45, 7) is 11.1. The molecule has 7 amide bonds. The van der Waals surface area contributed by atoms with Gasteiger partial charge in [0, 0.05) is 36.3 Å². The van der Waals surface area contributed by atoms with Gasteiger partial charge in [-0.05, 0) is 86.0 Å². The maximum atomic E-state index is 14.3. The second-order valence-electron chi connectivity index (χ2n) is 18.7. The van der Waals surface area contributed by atoms with Crippen molar-refractivity contribution in [2.24, 2.45) is 10.8 Å². The zero-order valence-corrected chi connectivity index (χ0v) is 37.1. The number of likely N-dealkylation sites (N-methyl/N-ethyl adjacent to an activating group) is 2. The smallest absolute Gasteiger partial charge is 0.251 e. The fraction of sp³-hybridized carbons (Fsp3) is 0.556. The van der Waals surface area contributed by atoms with Crippen LogP contribution < -0.4 is 37.2 Å². The number of carbonyl (C=O) groups excluding carboxylic acids is 8. The highest BCUT2D eigenvalue weighted by molar-refractivity contribution is 5.99. The number of carbonyl (C=O) groups is 8. The van der Waals surface area contributed by atoms with Crippen LogP contribution in [0.5, 0.6) is 0 Å². The van der Waals surface area contributed by atoms with Crippen LogP contribution >= 0.6 is 0 Å². The largest absolute Gasteiger partial charge is 0.347 e. The predicted molar refractivity (Wildman–Crippen MR) is 232 cm³/mol.